The molecule has 122 valence electrons. The summed E-state index contributed by atoms with van der Waals surface area (Å²) >= 11 is 0. The van der Waals surface area contributed by atoms with Crippen LogP contribution in [0.5, 0.6) is 0 Å². The van der Waals surface area contributed by atoms with E-state index in [4.69, 9.17) is 4.42 Å². The van der Waals surface area contributed by atoms with Crippen LogP contribution < -0.4 is 10.2 Å². The lowest BCUT2D eigenvalue weighted by atomic mass is 10.2. The Bertz CT molecular complexity index is 873. The van der Waals surface area contributed by atoms with Crippen LogP contribution in [0, 0.1) is 0 Å². The van der Waals surface area contributed by atoms with Crippen LogP contribution in [-0.2, 0) is 11.2 Å². The SMILES string of the molecule is CCc1nc2cc(NC3CCN(c4ccccc4)C3=O)ccc2o1. The van der Waals surface area contributed by atoms with E-state index in [1.54, 1.807) is 0 Å². The summed E-state index contributed by atoms with van der Waals surface area (Å²) in [5.41, 5.74) is 3.45. The fourth-order valence-corrected chi connectivity index (χ4v) is 3.10. The Labute approximate surface area is 140 Å². The molecular formula is C19H19N3O2. The van der Waals surface area contributed by atoms with Gasteiger partial charge < -0.3 is 14.6 Å². The van der Waals surface area contributed by atoms with Gasteiger partial charge in [0.25, 0.3) is 0 Å². The maximum atomic E-state index is 12.7. The molecule has 2 heterocycles. The van der Waals surface area contributed by atoms with E-state index < -0.39 is 0 Å². The van der Waals surface area contributed by atoms with E-state index in [1.807, 2.05) is 60.4 Å². The number of hydrogen-bond donors (Lipinski definition) is 1. The summed E-state index contributed by atoms with van der Waals surface area (Å²) in [6.45, 7) is 2.74. The van der Waals surface area contributed by atoms with E-state index in [0.717, 1.165) is 47.8 Å². The predicted molar refractivity (Wildman–Crippen MR) is 94.2 cm³/mol. The molecule has 1 N–H and O–H groups in total. The van der Waals surface area contributed by atoms with Gasteiger partial charge in [0.05, 0.1) is 0 Å². The first-order valence-corrected chi connectivity index (χ1v) is 8.27. The van der Waals surface area contributed by atoms with E-state index in [-0.39, 0.29) is 11.9 Å². The van der Waals surface area contributed by atoms with Crippen LogP contribution >= 0.6 is 0 Å². The molecule has 1 amide bonds. The number of para-hydroxylation sites is 1. The Kier molecular flexibility index (Phi) is 3.69. The minimum Gasteiger partial charge on any atom is -0.441 e. The molecule has 3 aromatic rings. The highest BCUT2D eigenvalue weighted by Gasteiger charge is 2.32. The zero-order valence-electron chi connectivity index (χ0n) is 13.5. The second-order valence-electron chi connectivity index (χ2n) is 5.95. The Morgan fingerprint density at radius 2 is 2.08 bits per heavy atom. The van der Waals surface area contributed by atoms with Crippen molar-refractivity contribution >= 4 is 28.4 Å². The summed E-state index contributed by atoms with van der Waals surface area (Å²) in [5.74, 6) is 0.838. The van der Waals surface area contributed by atoms with Crippen molar-refractivity contribution in [3.05, 3.63) is 54.4 Å². The molecular weight excluding hydrogens is 302 g/mol. The zero-order valence-corrected chi connectivity index (χ0v) is 13.5. The molecule has 0 bridgehead atoms. The Morgan fingerprint density at radius 1 is 1.25 bits per heavy atom. The molecule has 24 heavy (non-hydrogen) atoms. The maximum Gasteiger partial charge on any atom is 0.249 e. The average molecular weight is 321 g/mol. The van der Waals surface area contributed by atoms with Crippen molar-refractivity contribution in [2.75, 3.05) is 16.8 Å². The first-order chi connectivity index (χ1) is 11.7. The third-order valence-corrected chi connectivity index (χ3v) is 4.35. The molecule has 0 radical (unpaired) electrons. The second kappa shape index (κ2) is 6.00. The highest BCUT2D eigenvalue weighted by atomic mass is 16.3. The molecule has 1 aromatic heterocycles. The molecule has 0 spiro atoms. The van der Waals surface area contributed by atoms with Gasteiger partial charge in [0, 0.05) is 24.3 Å². The van der Waals surface area contributed by atoms with Crippen LogP contribution in [0.4, 0.5) is 11.4 Å². The second-order valence-corrected chi connectivity index (χ2v) is 5.95. The van der Waals surface area contributed by atoms with Crippen LogP contribution in [0.15, 0.2) is 52.9 Å². The number of aromatic nitrogens is 1. The van der Waals surface area contributed by atoms with Crippen LogP contribution in [-0.4, -0.2) is 23.5 Å². The molecule has 5 heteroatoms. The van der Waals surface area contributed by atoms with E-state index in [9.17, 15) is 4.79 Å². The lowest BCUT2D eigenvalue weighted by Gasteiger charge is -2.17. The van der Waals surface area contributed by atoms with Crippen molar-refractivity contribution < 1.29 is 9.21 Å². The normalized spacial score (nSPS) is 17.6. The molecule has 2 aromatic carbocycles. The van der Waals surface area contributed by atoms with Gasteiger partial charge in [-0.2, -0.15) is 0 Å². The molecule has 1 atom stereocenters. The fourth-order valence-electron chi connectivity index (χ4n) is 3.10. The van der Waals surface area contributed by atoms with Gasteiger partial charge in [-0.1, -0.05) is 25.1 Å². The number of nitrogens with zero attached hydrogens (tertiary/aromatic N) is 2. The van der Waals surface area contributed by atoms with Crippen molar-refractivity contribution in [2.24, 2.45) is 0 Å². The number of carbonyl (C=O) groups is 1. The van der Waals surface area contributed by atoms with Crippen LogP contribution in [0.3, 0.4) is 0 Å². The third kappa shape index (κ3) is 2.62. The minimum absolute atomic E-state index is 0.107. The summed E-state index contributed by atoms with van der Waals surface area (Å²) < 4.78 is 5.62. The summed E-state index contributed by atoms with van der Waals surface area (Å²) in [4.78, 5) is 18.9. The number of rotatable bonds is 4. The van der Waals surface area contributed by atoms with Gasteiger partial charge >= 0.3 is 0 Å². The molecule has 1 aliphatic heterocycles. The molecule has 1 fully saturated rings. The number of amides is 1. The molecule has 1 unspecified atom stereocenters. The number of oxazole rings is 1. The Balaban J connectivity index is 1.52. The van der Waals surface area contributed by atoms with Crippen LogP contribution in [0.1, 0.15) is 19.2 Å². The number of fused-ring (bicyclic) bond motifs is 1. The van der Waals surface area contributed by atoms with E-state index in [0.29, 0.717) is 0 Å². The van der Waals surface area contributed by atoms with Gasteiger partial charge in [-0.15, -0.1) is 0 Å². The fraction of sp³-hybridized carbons (Fsp3) is 0.263. The summed E-state index contributed by atoms with van der Waals surface area (Å²) in [7, 11) is 0. The lowest BCUT2D eigenvalue weighted by Crippen LogP contribution is -2.33. The molecule has 1 saturated heterocycles. The van der Waals surface area contributed by atoms with Gasteiger partial charge in [0.15, 0.2) is 11.5 Å². The smallest absolute Gasteiger partial charge is 0.249 e. The Hall–Kier alpha value is -2.82. The van der Waals surface area contributed by atoms with Crippen molar-refractivity contribution in [1.82, 2.24) is 4.98 Å². The maximum absolute atomic E-state index is 12.7. The van der Waals surface area contributed by atoms with Crippen molar-refractivity contribution in [3.63, 3.8) is 0 Å². The average Bonchev–Trinajstić information content (AvgIpc) is 3.19. The van der Waals surface area contributed by atoms with E-state index in [2.05, 4.69) is 10.3 Å². The van der Waals surface area contributed by atoms with Crippen LogP contribution in [0.2, 0.25) is 0 Å². The summed E-state index contributed by atoms with van der Waals surface area (Å²) in [6.07, 6.45) is 1.55. The van der Waals surface area contributed by atoms with Gasteiger partial charge in [0.2, 0.25) is 5.91 Å². The minimum atomic E-state index is -0.208. The number of aryl methyl sites for hydroxylation is 1. The number of nitrogens with one attached hydrogen (secondary N) is 1. The highest BCUT2D eigenvalue weighted by Crippen LogP contribution is 2.25. The van der Waals surface area contributed by atoms with Gasteiger partial charge in [-0.05, 0) is 36.8 Å². The van der Waals surface area contributed by atoms with Gasteiger partial charge in [0.1, 0.15) is 11.6 Å². The first kappa shape index (κ1) is 14.8. The standard InChI is InChI=1S/C19H19N3O2/c1-2-18-21-16-12-13(8-9-17(16)24-18)20-15-10-11-22(19(15)23)14-6-4-3-5-7-14/h3-9,12,15,20H,2,10-11H2,1H3. The third-order valence-electron chi connectivity index (χ3n) is 4.35. The Morgan fingerprint density at radius 3 is 2.88 bits per heavy atom. The van der Waals surface area contributed by atoms with Gasteiger partial charge in [-0.3, -0.25) is 4.79 Å². The highest BCUT2D eigenvalue weighted by molar-refractivity contribution is 6.01. The molecule has 0 aliphatic carbocycles. The first-order valence-electron chi connectivity index (χ1n) is 8.27. The largest absolute Gasteiger partial charge is 0.441 e. The quantitative estimate of drug-likeness (QED) is 0.797. The topological polar surface area (TPSA) is 58.4 Å². The molecule has 5 nitrogen and oxygen atoms in total. The number of hydrogen-bond acceptors (Lipinski definition) is 4. The number of anilines is 2. The molecule has 0 saturated carbocycles. The van der Waals surface area contributed by atoms with Crippen molar-refractivity contribution in [2.45, 2.75) is 25.8 Å². The van der Waals surface area contributed by atoms with Crippen LogP contribution in [0.25, 0.3) is 11.1 Å². The lowest BCUT2D eigenvalue weighted by molar-refractivity contribution is -0.117. The van der Waals surface area contributed by atoms with E-state index in [1.165, 1.54) is 0 Å². The summed E-state index contributed by atoms with van der Waals surface area (Å²) in [5, 5.41) is 3.34. The number of benzene rings is 2. The number of carbonyl (C=O) groups excluding carboxylic acids is 1. The molecule has 1 aliphatic rings. The summed E-state index contributed by atoms with van der Waals surface area (Å²) in [6, 6.07) is 15.4. The molecule has 4 rings (SSSR count). The van der Waals surface area contributed by atoms with Crippen molar-refractivity contribution in [3.8, 4) is 0 Å². The monoisotopic (exact) mass is 321 g/mol. The van der Waals surface area contributed by atoms with Gasteiger partial charge in [-0.25, -0.2) is 4.98 Å². The van der Waals surface area contributed by atoms with Crippen molar-refractivity contribution in [1.29, 1.82) is 0 Å². The zero-order chi connectivity index (χ0) is 16.5. The van der Waals surface area contributed by atoms with E-state index >= 15 is 0 Å². The predicted octanol–water partition coefficient (Wildman–Crippen LogP) is 3.61.